The molecule has 182 valence electrons. The van der Waals surface area contributed by atoms with E-state index in [4.69, 9.17) is 14.2 Å². The number of methoxy groups -OCH3 is 1. The first-order chi connectivity index (χ1) is 15.7. The van der Waals surface area contributed by atoms with Crippen molar-refractivity contribution in [1.29, 1.82) is 0 Å². The molecule has 2 fully saturated rings. The van der Waals surface area contributed by atoms with Gasteiger partial charge in [-0.15, -0.1) is 0 Å². The van der Waals surface area contributed by atoms with Crippen LogP contribution in [0.5, 0.6) is 11.5 Å². The summed E-state index contributed by atoms with van der Waals surface area (Å²) in [6, 6.07) is 5.51. The van der Waals surface area contributed by atoms with Crippen LogP contribution in [-0.4, -0.2) is 66.7 Å². The highest BCUT2D eigenvalue weighted by Gasteiger charge is 2.51. The molecule has 1 N–H and O–H groups in total. The number of nitrogens with one attached hydrogen (secondary N) is 1. The number of thioether (sulfide) groups is 1. The van der Waals surface area contributed by atoms with Gasteiger partial charge in [0.2, 0.25) is 11.8 Å². The summed E-state index contributed by atoms with van der Waals surface area (Å²) in [7, 11) is 1.66. The topological polar surface area (TPSA) is 77.1 Å². The first kappa shape index (κ1) is 24.2. The number of hydrogen-bond acceptors (Lipinski definition) is 6. The van der Waals surface area contributed by atoms with Crippen LogP contribution in [0.1, 0.15) is 51.7 Å². The molecular formula is C25H36N2O5S. The lowest BCUT2D eigenvalue weighted by molar-refractivity contribution is -0.189. The standard InChI is InChI=1S/C25H36N2O5S/c1-15(28)26-20(9-11-33-5)24(29)27-10-8-21-16(14-27)12-19-23(31-21)18-7-6-17(30-4)13-22(18)32-25(19,2)3/h6-7,13,16,19-21,23H,8-12,14H2,1-5H3,(H,26,28)/t16-,19+,20+,21+,23-/m1/s1. The molecule has 1 aromatic rings. The monoisotopic (exact) mass is 476 g/mol. The number of hydrogen-bond donors (Lipinski definition) is 1. The number of amides is 2. The maximum atomic E-state index is 13.3. The largest absolute Gasteiger partial charge is 0.497 e. The van der Waals surface area contributed by atoms with E-state index in [2.05, 4.69) is 25.2 Å². The van der Waals surface area contributed by atoms with Crippen molar-refractivity contribution in [2.24, 2.45) is 11.8 Å². The Morgan fingerprint density at radius 3 is 2.85 bits per heavy atom. The smallest absolute Gasteiger partial charge is 0.245 e. The molecule has 4 rings (SSSR count). The van der Waals surface area contributed by atoms with Crippen molar-refractivity contribution in [2.75, 3.05) is 32.2 Å². The second-order valence-electron chi connectivity index (χ2n) is 9.91. The minimum atomic E-state index is -0.458. The Labute approximate surface area is 200 Å². The van der Waals surface area contributed by atoms with Crippen LogP contribution in [0.25, 0.3) is 0 Å². The van der Waals surface area contributed by atoms with Crippen LogP contribution >= 0.6 is 11.8 Å². The third-order valence-corrected chi connectivity index (χ3v) is 7.94. The predicted molar refractivity (Wildman–Crippen MR) is 129 cm³/mol. The van der Waals surface area contributed by atoms with Crippen molar-refractivity contribution < 1.29 is 23.8 Å². The molecule has 2 saturated heterocycles. The zero-order chi connectivity index (χ0) is 23.8. The molecule has 0 spiro atoms. The van der Waals surface area contributed by atoms with Crippen LogP contribution in [-0.2, 0) is 14.3 Å². The van der Waals surface area contributed by atoms with Gasteiger partial charge in [-0.3, -0.25) is 9.59 Å². The molecular weight excluding hydrogens is 440 g/mol. The van der Waals surface area contributed by atoms with Gasteiger partial charge in [-0.1, -0.05) is 0 Å². The van der Waals surface area contributed by atoms with Crippen molar-refractivity contribution in [2.45, 2.75) is 63.9 Å². The SMILES string of the molecule is COc1ccc2c(c1)OC(C)(C)[C@H]1C[C@@H]3CN(C(=O)[C@H](CCSC)NC(C)=O)CC[C@@H]3O[C@H]21. The van der Waals surface area contributed by atoms with E-state index in [1.807, 2.05) is 23.3 Å². The van der Waals surface area contributed by atoms with Crippen LogP contribution in [0, 0.1) is 11.8 Å². The number of ether oxygens (including phenoxy) is 3. The first-order valence-electron chi connectivity index (χ1n) is 11.8. The summed E-state index contributed by atoms with van der Waals surface area (Å²) >= 11 is 1.68. The number of fused-ring (bicyclic) bond motifs is 4. The minimum Gasteiger partial charge on any atom is -0.497 e. The summed E-state index contributed by atoms with van der Waals surface area (Å²) in [5, 5.41) is 2.86. The van der Waals surface area contributed by atoms with Crippen LogP contribution in [0.4, 0.5) is 0 Å². The number of likely N-dealkylation sites (tertiary alicyclic amines) is 1. The Morgan fingerprint density at radius 2 is 2.15 bits per heavy atom. The van der Waals surface area contributed by atoms with Crippen molar-refractivity contribution in [1.82, 2.24) is 10.2 Å². The molecule has 0 aliphatic carbocycles. The Balaban J connectivity index is 1.50. The fourth-order valence-corrected chi connectivity index (χ4v) is 6.04. The highest BCUT2D eigenvalue weighted by molar-refractivity contribution is 7.98. The zero-order valence-electron chi connectivity index (χ0n) is 20.3. The second kappa shape index (κ2) is 9.74. The molecule has 0 saturated carbocycles. The number of piperidine rings is 1. The molecule has 3 heterocycles. The van der Waals surface area contributed by atoms with Gasteiger partial charge in [-0.2, -0.15) is 11.8 Å². The second-order valence-corrected chi connectivity index (χ2v) is 10.9. The molecule has 0 aromatic heterocycles. The van der Waals surface area contributed by atoms with Crippen LogP contribution in [0.15, 0.2) is 18.2 Å². The van der Waals surface area contributed by atoms with E-state index < -0.39 is 11.6 Å². The zero-order valence-corrected chi connectivity index (χ0v) is 21.1. The van der Waals surface area contributed by atoms with E-state index in [9.17, 15) is 9.59 Å². The molecule has 8 heteroatoms. The van der Waals surface area contributed by atoms with Crippen LogP contribution in [0.3, 0.4) is 0 Å². The molecule has 0 radical (unpaired) electrons. The average Bonchev–Trinajstić information content (AvgIpc) is 2.79. The predicted octanol–water partition coefficient (Wildman–Crippen LogP) is 3.42. The van der Waals surface area contributed by atoms with E-state index in [0.717, 1.165) is 35.7 Å². The van der Waals surface area contributed by atoms with E-state index >= 15 is 0 Å². The van der Waals surface area contributed by atoms with Crippen molar-refractivity contribution >= 4 is 23.6 Å². The maximum absolute atomic E-state index is 13.3. The number of benzene rings is 1. The Bertz CT molecular complexity index is 892. The molecule has 0 bridgehead atoms. The van der Waals surface area contributed by atoms with Crippen molar-refractivity contribution in [3.63, 3.8) is 0 Å². The Kier molecular flexibility index (Phi) is 7.15. The van der Waals surface area contributed by atoms with Gasteiger partial charge < -0.3 is 24.4 Å². The third kappa shape index (κ3) is 4.97. The normalized spacial score (nSPS) is 28.5. The van der Waals surface area contributed by atoms with Gasteiger partial charge in [0, 0.05) is 43.5 Å². The lowest BCUT2D eigenvalue weighted by Gasteiger charge is -2.53. The van der Waals surface area contributed by atoms with Gasteiger partial charge in [0.05, 0.1) is 19.3 Å². The molecule has 3 aliphatic heterocycles. The number of rotatable bonds is 6. The number of carbonyl (C=O) groups is 2. The third-order valence-electron chi connectivity index (χ3n) is 7.30. The summed E-state index contributed by atoms with van der Waals surface area (Å²) < 4.78 is 18.5. The minimum absolute atomic E-state index is 0.0214. The number of carbonyl (C=O) groups excluding carboxylic acids is 2. The molecule has 1 aromatic carbocycles. The van der Waals surface area contributed by atoms with Crippen LogP contribution < -0.4 is 14.8 Å². The van der Waals surface area contributed by atoms with Gasteiger partial charge in [0.15, 0.2) is 0 Å². The summed E-state index contributed by atoms with van der Waals surface area (Å²) in [6.45, 7) is 7.03. The van der Waals surface area contributed by atoms with E-state index in [-0.39, 0.29) is 35.9 Å². The quantitative estimate of drug-likeness (QED) is 0.678. The fraction of sp³-hybridized carbons (Fsp3) is 0.680. The number of nitrogens with zero attached hydrogens (tertiary/aromatic N) is 1. The van der Waals surface area contributed by atoms with E-state index in [1.165, 1.54) is 6.92 Å². The fourth-order valence-electron chi connectivity index (χ4n) is 5.57. The summed E-state index contributed by atoms with van der Waals surface area (Å²) in [6.07, 6.45) is 4.50. The summed E-state index contributed by atoms with van der Waals surface area (Å²) in [5.41, 5.74) is 0.693. The summed E-state index contributed by atoms with van der Waals surface area (Å²) in [4.78, 5) is 26.9. The lowest BCUT2D eigenvalue weighted by Crippen LogP contribution is -2.58. The molecule has 0 unspecified atom stereocenters. The van der Waals surface area contributed by atoms with Gasteiger partial charge >= 0.3 is 0 Å². The average molecular weight is 477 g/mol. The Hall–Kier alpha value is -1.93. The molecule has 7 nitrogen and oxygen atoms in total. The summed E-state index contributed by atoms with van der Waals surface area (Å²) in [5.74, 6) is 2.75. The molecule has 5 atom stereocenters. The van der Waals surface area contributed by atoms with Crippen LogP contribution in [0.2, 0.25) is 0 Å². The Morgan fingerprint density at radius 1 is 1.36 bits per heavy atom. The highest BCUT2D eigenvalue weighted by Crippen LogP contribution is 2.53. The van der Waals surface area contributed by atoms with E-state index in [1.54, 1.807) is 18.9 Å². The maximum Gasteiger partial charge on any atom is 0.245 e. The van der Waals surface area contributed by atoms with Gasteiger partial charge in [0.25, 0.3) is 0 Å². The van der Waals surface area contributed by atoms with Gasteiger partial charge in [-0.05, 0) is 57.3 Å². The van der Waals surface area contributed by atoms with Crippen molar-refractivity contribution in [3.05, 3.63) is 23.8 Å². The first-order valence-corrected chi connectivity index (χ1v) is 13.2. The van der Waals surface area contributed by atoms with Gasteiger partial charge in [0.1, 0.15) is 23.1 Å². The van der Waals surface area contributed by atoms with E-state index in [0.29, 0.717) is 19.5 Å². The highest BCUT2D eigenvalue weighted by atomic mass is 32.2. The molecule has 2 amide bonds. The van der Waals surface area contributed by atoms with Gasteiger partial charge in [-0.25, -0.2) is 0 Å². The lowest BCUT2D eigenvalue weighted by atomic mass is 9.70. The molecule has 3 aliphatic rings. The molecule has 33 heavy (non-hydrogen) atoms. The van der Waals surface area contributed by atoms with Crippen molar-refractivity contribution in [3.8, 4) is 11.5 Å².